The molecule has 0 unspecified atom stereocenters. The number of rotatable bonds is 4. The molecule has 0 atom stereocenters. The molecule has 0 aliphatic rings. The van der Waals surface area contributed by atoms with E-state index in [1.807, 2.05) is 12.1 Å². The second kappa shape index (κ2) is 11.0. The Morgan fingerprint density at radius 3 is 1.41 bits per heavy atom. The molecule has 228 valence electrons. The van der Waals surface area contributed by atoms with Gasteiger partial charge in [-0.25, -0.2) is 9.97 Å². The number of hydrogen-bond acceptors (Lipinski definition) is 3. The molecule has 2 aromatic heterocycles. The molecule has 3 heteroatoms. The lowest BCUT2D eigenvalue weighted by Crippen LogP contribution is -1.98. The Bertz CT molecular complexity index is 2760. The number of furan rings is 1. The van der Waals surface area contributed by atoms with Crippen LogP contribution < -0.4 is 0 Å². The van der Waals surface area contributed by atoms with Gasteiger partial charge in [0.1, 0.15) is 11.2 Å². The second-order valence-corrected chi connectivity index (χ2v) is 12.5. The molecule has 0 saturated heterocycles. The highest BCUT2D eigenvalue weighted by Crippen LogP contribution is 2.45. The molecule has 0 fully saturated rings. The van der Waals surface area contributed by atoms with Crippen LogP contribution in [0.4, 0.5) is 0 Å². The maximum atomic E-state index is 6.38. The highest BCUT2D eigenvalue weighted by Gasteiger charge is 2.20. The first-order valence-electron chi connectivity index (χ1n) is 16.6. The van der Waals surface area contributed by atoms with Crippen LogP contribution in [0.15, 0.2) is 174 Å². The molecule has 0 aliphatic carbocycles. The Morgan fingerprint density at radius 2 is 0.816 bits per heavy atom. The predicted octanol–water partition coefficient (Wildman–Crippen LogP) is 12.5. The SMILES string of the molecule is c1ccc(-c2cc(-c3ccccc3)nc(-c3c4ccccc4c(-c4ccc5oc6cc7ccccc7cc6c5c4)c4ccccc34)n2)cc1. The van der Waals surface area contributed by atoms with E-state index in [1.165, 1.54) is 16.3 Å². The topological polar surface area (TPSA) is 38.9 Å². The van der Waals surface area contributed by atoms with Crippen molar-refractivity contribution in [2.45, 2.75) is 0 Å². The zero-order valence-corrected chi connectivity index (χ0v) is 26.5. The lowest BCUT2D eigenvalue weighted by molar-refractivity contribution is 0.669. The first-order chi connectivity index (χ1) is 24.3. The molecule has 0 saturated carbocycles. The van der Waals surface area contributed by atoms with Gasteiger partial charge in [-0.05, 0) is 73.8 Å². The van der Waals surface area contributed by atoms with E-state index in [0.29, 0.717) is 5.82 Å². The quantitative estimate of drug-likeness (QED) is 0.183. The van der Waals surface area contributed by atoms with E-state index in [-0.39, 0.29) is 0 Å². The minimum atomic E-state index is 0.710. The van der Waals surface area contributed by atoms with E-state index in [1.54, 1.807) is 0 Å². The van der Waals surface area contributed by atoms with Gasteiger partial charge in [-0.2, -0.15) is 0 Å². The van der Waals surface area contributed by atoms with Crippen LogP contribution in [0, 0.1) is 0 Å². The van der Waals surface area contributed by atoms with Crippen molar-refractivity contribution in [1.29, 1.82) is 0 Å². The smallest absolute Gasteiger partial charge is 0.161 e. The van der Waals surface area contributed by atoms with Crippen molar-refractivity contribution in [3.05, 3.63) is 170 Å². The Kier molecular flexibility index (Phi) is 6.18. The maximum absolute atomic E-state index is 6.38. The molecular weight excluding hydrogens is 597 g/mol. The summed E-state index contributed by atoms with van der Waals surface area (Å²) < 4.78 is 6.38. The van der Waals surface area contributed by atoms with Crippen molar-refractivity contribution in [2.75, 3.05) is 0 Å². The van der Waals surface area contributed by atoms with Crippen LogP contribution in [0.5, 0.6) is 0 Å². The fraction of sp³-hybridized carbons (Fsp3) is 0. The molecule has 10 rings (SSSR count). The van der Waals surface area contributed by atoms with Gasteiger partial charge in [0.2, 0.25) is 0 Å². The predicted molar refractivity (Wildman–Crippen MR) is 204 cm³/mol. The van der Waals surface area contributed by atoms with Gasteiger partial charge in [-0.15, -0.1) is 0 Å². The van der Waals surface area contributed by atoms with Crippen LogP contribution in [0.1, 0.15) is 0 Å². The summed E-state index contributed by atoms with van der Waals surface area (Å²) in [6, 6.07) is 59.6. The summed E-state index contributed by atoms with van der Waals surface area (Å²) >= 11 is 0. The number of fused-ring (bicyclic) bond motifs is 6. The fourth-order valence-corrected chi connectivity index (χ4v) is 7.37. The minimum Gasteiger partial charge on any atom is -0.456 e. The summed E-state index contributed by atoms with van der Waals surface area (Å²) in [7, 11) is 0. The number of benzene rings is 8. The van der Waals surface area contributed by atoms with Gasteiger partial charge in [-0.3, -0.25) is 0 Å². The van der Waals surface area contributed by atoms with Gasteiger partial charge in [0.25, 0.3) is 0 Å². The van der Waals surface area contributed by atoms with Crippen LogP contribution in [-0.4, -0.2) is 9.97 Å². The van der Waals surface area contributed by atoms with Crippen LogP contribution in [0.25, 0.3) is 99.3 Å². The van der Waals surface area contributed by atoms with Crippen molar-refractivity contribution in [1.82, 2.24) is 9.97 Å². The molecule has 10 aromatic rings. The monoisotopic (exact) mass is 624 g/mol. The molecule has 49 heavy (non-hydrogen) atoms. The highest BCUT2D eigenvalue weighted by molar-refractivity contribution is 6.22. The highest BCUT2D eigenvalue weighted by atomic mass is 16.3. The van der Waals surface area contributed by atoms with Crippen molar-refractivity contribution >= 4 is 54.3 Å². The number of hydrogen-bond donors (Lipinski definition) is 0. The molecule has 3 nitrogen and oxygen atoms in total. The van der Waals surface area contributed by atoms with Crippen molar-refractivity contribution in [3.63, 3.8) is 0 Å². The van der Waals surface area contributed by atoms with Crippen LogP contribution >= 0.6 is 0 Å². The second-order valence-electron chi connectivity index (χ2n) is 12.5. The van der Waals surface area contributed by atoms with E-state index in [0.717, 1.165) is 77.1 Å². The van der Waals surface area contributed by atoms with Crippen molar-refractivity contribution in [3.8, 4) is 45.0 Å². The third kappa shape index (κ3) is 4.51. The normalized spacial score (nSPS) is 11.7. The largest absolute Gasteiger partial charge is 0.456 e. The average Bonchev–Trinajstić information content (AvgIpc) is 3.53. The summed E-state index contributed by atoms with van der Waals surface area (Å²) in [5, 5.41) is 9.16. The maximum Gasteiger partial charge on any atom is 0.161 e. The number of nitrogens with zero attached hydrogens (tertiary/aromatic N) is 2. The minimum absolute atomic E-state index is 0.710. The van der Waals surface area contributed by atoms with Crippen LogP contribution in [-0.2, 0) is 0 Å². The van der Waals surface area contributed by atoms with Gasteiger partial charge in [0.05, 0.1) is 11.4 Å². The van der Waals surface area contributed by atoms with Gasteiger partial charge in [-0.1, -0.05) is 140 Å². The van der Waals surface area contributed by atoms with Crippen molar-refractivity contribution in [2.24, 2.45) is 0 Å². The summed E-state index contributed by atoms with van der Waals surface area (Å²) in [5.41, 5.74) is 9.06. The summed E-state index contributed by atoms with van der Waals surface area (Å²) in [6.07, 6.45) is 0. The van der Waals surface area contributed by atoms with E-state index < -0.39 is 0 Å². The van der Waals surface area contributed by atoms with Gasteiger partial charge in [0, 0.05) is 27.5 Å². The van der Waals surface area contributed by atoms with E-state index in [2.05, 4.69) is 158 Å². The Labute approximate surface area is 282 Å². The van der Waals surface area contributed by atoms with Crippen LogP contribution in [0.3, 0.4) is 0 Å². The zero-order valence-electron chi connectivity index (χ0n) is 26.5. The summed E-state index contributed by atoms with van der Waals surface area (Å²) in [6.45, 7) is 0. The van der Waals surface area contributed by atoms with Gasteiger partial charge in [0.15, 0.2) is 5.82 Å². The molecule has 8 aromatic carbocycles. The first-order valence-corrected chi connectivity index (χ1v) is 16.6. The Hall–Kier alpha value is -6.58. The van der Waals surface area contributed by atoms with E-state index >= 15 is 0 Å². The average molecular weight is 625 g/mol. The fourth-order valence-electron chi connectivity index (χ4n) is 7.37. The molecular formula is C46H28N2O. The molecule has 0 spiro atoms. The van der Waals surface area contributed by atoms with E-state index in [9.17, 15) is 0 Å². The Morgan fingerprint density at radius 1 is 0.327 bits per heavy atom. The zero-order chi connectivity index (χ0) is 32.3. The summed E-state index contributed by atoms with van der Waals surface area (Å²) in [4.78, 5) is 10.5. The van der Waals surface area contributed by atoms with E-state index in [4.69, 9.17) is 14.4 Å². The molecule has 0 aliphatic heterocycles. The van der Waals surface area contributed by atoms with Gasteiger partial charge < -0.3 is 4.42 Å². The molecule has 0 N–H and O–H groups in total. The third-order valence-electron chi connectivity index (χ3n) is 9.65. The first kappa shape index (κ1) is 27.5. The van der Waals surface area contributed by atoms with Gasteiger partial charge >= 0.3 is 0 Å². The molecule has 0 amide bonds. The van der Waals surface area contributed by atoms with Crippen molar-refractivity contribution < 1.29 is 4.42 Å². The standard InChI is InChI=1S/C46H28N2O/c1-3-13-29(14-4-1)40-28-41(30-15-5-2-6-16-30)48-46(47-40)45-36-21-11-9-19-34(36)44(35-20-10-12-22-37(35)45)33-23-24-42-38(26-33)39-25-31-17-7-8-18-32(31)27-43(39)49-42/h1-28H. The lowest BCUT2D eigenvalue weighted by atomic mass is 9.87. The molecule has 0 bridgehead atoms. The summed E-state index contributed by atoms with van der Waals surface area (Å²) in [5.74, 6) is 0.710. The Balaban J connectivity index is 1.26. The lowest BCUT2D eigenvalue weighted by Gasteiger charge is -2.18. The van der Waals surface area contributed by atoms with Crippen LogP contribution in [0.2, 0.25) is 0 Å². The third-order valence-corrected chi connectivity index (χ3v) is 9.65. The molecule has 0 radical (unpaired) electrons. The molecule has 2 heterocycles. The number of aromatic nitrogens is 2.